The van der Waals surface area contributed by atoms with Crippen molar-refractivity contribution >= 4 is 23.3 Å². The molecule has 7 nitrogen and oxygen atoms in total. The van der Waals surface area contributed by atoms with Crippen LogP contribution in [-0.2, 0) is 11.3 Å². The Morgan fingerprint density at radius 1 is 1.40 bits per heavy atom. The van der Waals surface area contributed by atoms with Gasteiger partial charge in [0.25, 0.3) is 0 Å². The number of carbonyl (C=O) groups is 1. The van der Waals surface area contributed by atoms with Crippen LogP contribution in [0.1, 0.15) is 51.9 Å². The van der Waals surface area contributed by atoms with Crippen LogP contribution in [0.4, 0.5) is 0 Å². The average Bonchev–Trinajstić information content (AvgIpc) is 2.94. The van der Waals surface area contributed by atoms with Crippen LogP contribution in [0.15, 0.2) is 5.16 Å². The van der Waals surface area contributed by atoms with Gasteiger partial charge in [0, 0.05) is 18.7 Å². The fraction of sp³-hybridized carbons (Fsp3) is 0.706. The SMILES string of the molecule is CCCCn1c(SCC(=O)[C@H](C#N)C(C)=N)nnc1[C@@H](CC)[NH+](C)C. The van der Waals surface area contributed by atoms with E-state index in [9.17, 15) is 4.79 Å². The second-order valence-corrected chi connectivity index (χ2v) is 7.33. The van der Waals surface area contributed by atoms with Crippen molar-refractivity contribution in [2.75, 3.05) is 19.8 Å². The van der Waals surface area contributed by atoms with Crippen LogP contribution in [0.25, 0.3) is 0 Å². The summed E-state index contributed by atoms with van der Waals surface area (Å²) in [5, 5.41) is 26.0. The van der Waals surface area contributed by atoms with E-state index in [1.807, 2.05) is 6.07 Å². The normalized spacial score (nSPS) is 13.5. The number of carbonyl (C=O) groups excluding carboxylic acids is 1. The molecule has 0 aliphatic carbocycles. The Balaban J connectivity index is 2.99. The first kappa shape index (κ1) is 21.3. The molecular formula is C17H29N6OS+. The van der Waals surface area contributed by atoms with Crippen LogP contribution in [0, 0.1) is 22.7 Å². The number of quaternary nitrogens is 1. The Morgan fingerprint density at radius 3 is 2.56 bits per heavy atom. The van der Waals surface area contributed by atoms with Crippen molar-refractivity contribution in [3.63, 3.8) is 0 Å². The number of hydrogen-bond donors (Lipinski definition) is 2. The number of nitrogens with one attached hydrogen (secondary N) is 2. The molecule has 25 heavy (non-hydrogen) atoms. The van der Waals surface area contributed by atoms with Gasteiger partial charge in [0.15, 0.2) is 16.8 Å². The molecule has 1 aromatic heterocycles. The van der Waals surface area contributed by atoms with E-state index in [1.165, 1.54) is 23.6 Å². The quantitative estimate of drug-likeness (QED) is 0.457. The highest BCUT2D eigenvalue weighted by Gasteiger charge is 2.26. The van der Waals surface area contributed by atoms with Gasteiger partial charge < -0.3 is 14.9 Å². The largest absolute Gasteiger partial charge is 0.331 e. The van der Waals surface area contributed by atoms with Gasteiger partial charge in [-0.2, -0.15) is 5.26 Å². The molecule has 1 heterocycles. The standard InChI is InChI=1S/C17H28N6OS/c1-6-8-9-23-16(14(7-2)22(4)5)20-21-17(23)25-11-15(24)13(10-18)12(3)19/h13-14,19H,6-9,11H2,1-5H3/p+1/t13-,14-/m1/s1. The Kier molecular flexibility index (Phi) is 8.79. The van der Waals surface area contributed by atoms with Crippen molar-refractivity contribution < 1.29 is 9.69 Å². The maximum Gasteiger partial charge on any atom is 0.192 e. The van der Waals surface area contributed by atoms with Gasteiger partial charge >= 0.3 is 0 Å². The van der Waals surface area contributed by atoms with Crippen molar-refractivity contribution in [1.29, 1.82) is 10.7 Å². The zero-order valence-electron chi connectivity index (χ0n) is 15.8. The number of unbranched alkanes of at least 4 members (excludes halogenated alkanes) is 1. The third kappa shape index (κ3) is 5.65. The topological polar surface area (TPSA) is 99.9 Å². The molecule has 2 N–H and O–H groups in total. The second kappa shape index (κ2) is 10.3. The summed E-state index contributed by atoms with van der Waals surface area (Å²) >= 11 is 1.31. The number of hydrogen-bond acceptors (Lipinski definition) is 6. The lowest BCUT2D eigenvalue weighted by molar-refractivity contribution is -0.893. The van der Waals surface area contributed by atoms with Gasteiger partial charge in [0.2, 0.25) is 0 Å². The summed E-state index contributed by atoms with van der Waals surface area (Å²) in [5.41, 5.74) is 0.0866. The van der Waals surface area contributed by atoms with E-state index < -0.39 is 5.92 Å². The number of aromatic nitrogens is 3. The molecular weight excluding hydrogens is 336 g/mol. The first-order valence-corrected chi connectivity index (χ1v) is 9.69. The summed E-state index contributed by atoms with van der Waals surface area (Å²) < 4.78 is 2.11. The van der Waals surface area contributed by atoms with Crippen LogP contribution >= 0.6 is 11.8 Å². The van der Waals surface area contributed by atoms with Crippen LogP contribution in [-0.4, -0.2) is 46.1 Å². The van der Waals surface area contributed by atoms with Gasteiger partial charge in [-0.25, -0.2) is 0 Å². The Bertz CT molecular complexity index is 634. The van der Waals surface area contributed by atoms with E-state index in [0.717, 1.165) is 36.8 Å². The smallest absolute Gasteiger partial charge is 0.192 e. The monoisotopic (exact) mass is 365 g/mol. The molecule has 2 atom stereocenters. The van der Waals surface area contributed by atoms with E-state index in [1.54, 1.807) is 0 Å². The number of nitriles is 1. The van der Waals surface area contributed by atoms with Gasteiger partial charge in [-0.15, -0.1) is 10.2 Å². The summed E-state index contributed by atoms with van der Waals surface area (Å²) in [7, 11) is 4.21. The minimum Gasteiger partial charge on any atom is -0.331 e. The highest BCUT2D eigenvalue weighted by Crippen LogP contribution is 2.22. The first-order valence-electron chi connectivity index (χ1n) is 8.70. The average molecular weight is 366 g/mol. The van der Waals surface area contributed by atoms with Crippen LogP contribution in [0.2, 0.25) is 0 Å². The van der Waals surface area contributed by atoms with E-state index in [-0.39, 0.29) is 23.3 Å². The highest BCUT2D eigenvalue weighted by molar-refractivity contribution is 7.99. The molecule has 0 aromatic carbocycles. The predicted octanol–water partition coefficient (Wildman–Crippen LogP) is 1.51. The maximum atomic E-state index is 12.2. The molecule has 0 saturated carbocycles. The molecule has 8 heteroatoms. The number of Topliss-reactive ketones (excluding diaryl/α,β-unsaturated/α-hetero) is 1. The molecule has 0 saturated heterocycles. The molecule has 0 unspecified atom stereocenters. The molecule has 0 spiro atoms. The molecule has 0 aliphatic heterocycles. The molecule has 1 rings (SSSR count). The first-order chi connectivity index (χ1) is 11.9. The van der Waals surface area contributed by atoms with E-state index >= 15 is 0 Å². The zero-order chi connectivity index (χ0) is 19.0. The number of thioether (sulfide) groups is 1. The van der Waals surface area contributed by atoms with Gasteiger partial charge in [-0.3, -0.25) is 4.79 Å². The van der Waals surface area contributed by atoms with Crippen LogP contribution < -0.4 is 4.90 Å². The van der Waals surface area contributed by atoms with E-state index in [2.05, 4.69) is 42.7 Å². The van der Waals surface area contributed by atoms with Crippen molar-refractivity contribution in [2.24, 2.45) is 5.92 Å². The minimum absolute atomic E-state index is 0.0866. The number of ketones is 1. The lowest BCUT2D eigenvalue weighted by Crippen LogP contribution is -3.06. The highest BCUT2D eigenvalue weighted by atomic mass is 32.2. The van der Waals surface area contributed by atoms with Gasteiger partial charge in [-0.1, -0.05) is 32.0 Å². The molecule has 1 aromatic rings. The zero-order valence-corrected chi connectivity index (χ0v) is 16.6. The van der Waals surface area contributed by atoms with Gasteiger partial charge in [0.1, 0.15) is 12.0 Å². The van der Waals surface area contributed by atoms with E-state index in [4.69, 9.17) is 10.7 Å². The summed E-state index contributed by atoms with van der Waals surface area (Å²) in [6, 6.07) is 2.16. The second-order valence-electron chi connectivity index (χ2n) is 6.38. The maximum absolute atomic E-state index is 12.2. The molecule has 0 amide bonds. The minimum atomic E-state index is -0.964. The molecule has 138 valence electrons. The Hall–Kier alpha value is -1.72. The van der Waals surface area contributed by atoms with Crippen LogP contribution in [0.3, 0.4) is 0 Å². The Morgan fingerprint density at radius 2 is 2.08 bits per heavy atom. The molecule has 0 fully saturated rings. The fourth-order valence-electron chi connectivity index (χ4n) is 2.67. The van der Waals surface area contributed by atoms with Crippen LogP contribution in [0.5, 0.6) is 0 Å². The fourth-order valence-corrected chi connectivity index (χ4v) is 3.55. The Labute approximate surface area is 154 Å². The molecule has 0 bridgehead atoms. The lowest BCUT2D eigenvalue weighted by atomic mass is 10.0. The summed E-state index contributed by atoms with van der Waals surface area (Å²) in [6.45, 7) is 6.59. The molecule has 0 radical (unpaired) electrons. The van der Waals surface area contributed by atoms with Crippen molar-refractivity contribution in [2.45, 2.75) is 57.8 Å². The summed E-state index contributed by atoms with van der Waals surface area (Å²) in [4.78, 5) is 13.5. The van der Waals surface area contributed by atoms with Crippen molar-refractivity contribution in [1.82, 2.24) is 14.8 Å². The third-order valence-corrected chi connectivity index (χ3v) is 5.11. The number of rotatable bonds is 11. The van der Waals surface area contributed by atoms with E-state index in [0.29, 0.717) is 0 Å². The lowest BCUT2D eigenvalue weighted by Gasteiger charge is -2.20. The van der Waals surface area contributed by atoms with Gasteiger partial charge in [-0.05, 0) is 13.3 Å². The van der Waals surface area contributed by atoms with Crippen molar-refractivity contribution in [3.8, 4) is 6.07 Å². The third-order valence-electron chi connectivity index (χ3n) is 4.13. The summed E-state index contributed by atoms with van der Waals surface area (Å²) in [5.74, 6) is -0.138. The van der Waals surface area contributed by atoms with Gasteiger partial charge in [0.05, 0.1) is 25.9 Å². The summed E-state index contributed by atoms with van der Waals surface area (Å²) in [6.07, 6.45) is 3.04. The molecule has 0 aliphatic rings. The number of nitrogens with zero attached hydrogens (tertiary/aromatic N) is 4. The van der Waals surface area contributed by atoms with Crippen molar-refractivity contribution in [3.05, 3.63) is 5.82 Å². The predicted molar refractivity (Wildman–Crippen MR) is 99.0 cm³/mol.